The van der Waals surface area contributed by atoms with E-state index in [0.717, 1.165) is 13.0 Å². The van der Waals surface area contributed by atoms with Crippen molar-refractivity contribution in [1.29, 1.82) is 0 Å². The minimum absolute atomic E-state index is 0.0772. The van der Waals surface area contributed by atoms with Crippen molar-refractivity contribution in [3.05, 3.63) is 36.5 Å². The number of sulfonamides is 1. The van der Waals surface area contributed by atoms with Crippen molar-refractivity contribution in [3.8, 4) is 11.5 Å². The first-order valence-corrected chi connectivity index (χ1v) is 8.93. The van der Waals surface area contributed by atoms with Gasteiger partial charge in [-0.15, -0.1) is 0 Å². The molecule has 0 atom stereocenters. The number of aromatic nitrogens is 1. The number of hydrogen-bond acceptors (Lipinski definition) is 6. The second kappa shape index (κ2) is 7.87. The molecule has 8 heteroatoms. The third-order valence-corrected chi connectivity index (χ3v) is 4.62. The number of rotatable bonds is 8. The van der Waals surface area contributed by atoms with E-state index in [0.29, 0.717) is 23.0 Å². The summed E-state index contributed by atoms with van der Waals surface area (Å²) < 4.78 is 37.7. The van der Waals surface area contributed by atoms with Gasteiger partial charge in [-0.05, 0) is 30.7 Å². The lowest BCUT2D eigenvalue weighted by atomic mass is 10.3. The molecule has 1 aromatic carbocycles. The molecule has 0 fully saturated rings. The first-order valence-electron chi connectivity index (χ1n) is 7.45. The Bertz CT molecular complexity index is 776. The molecule has 1 heterocycles. The third-order valence-electron chi connectivity index (χ3n) is 3.24. The zero-order valence-electron chi connectivity index (χ0n) is 13.9. The molecule has 130 valence electrons. The van der Waals surface area contributed by atoms with Crippen molar-refractivity contribution < 1.29 is 17.9 Å². The van der Waals surface area contributed by atoms with Crippen LogP contribution in [-0.4, -0.2) is 34.2 Å². The summed E-state index contributed by atoms with van der Waals surface area (Å²) in [5, 5.41) is 3.13. The number of hydrogen-bond donors (Lipinski definition) is 2. The van der Waals surface area contributed by atoms with E-state index in [1.54, 1.807) is 18.2 Å². The summed E-state index contributed by atoms with van der Waals surface area (Å²) in [6.07, 6.45) is 2.45. The van der Waals surface area contributed by atoms with Crippen LogP contribution in [0.2, 0.25) is 0 Å². The summed E-state index contributed by atoms with van der Waals surface area (Å²) in [5.41, 5.74) is 0.381. The van der Waals surface area contributed by atoms with E-state index in [1.807, 2.05) is 0 Å². The molecule has 0 radical (unpaired) electrons. The van der Waals surface area contributed by atoms with Crippen molar-refractivity contribution in [2.45, 2.75) is 18.2 Å². The molecular weight excluding hydrogens is 330 g/mol. The topological polar surface area (TPSA) is 89.5 Å². The van der Waals surface area contributed by atoms with Gasteiger partial charge in [-0.1, -0.05) is 6.92 Å². The highest BCUT2D eigenvalue weighted by molar-refractivity contribution is 7.92. The largest absolute Gasteiger partial charge is 0.493 e. The van der Waals surface area contributed by atoms with Crippen molar-refractivity contribution >= 4 is 21.5 Å². The number of anilines is 2. The van der Waals surface area contributed by atoms with Crippen molar-refractivity contribution in [2.24, 2.45) is 0 Å². The zero-order chi connectivity index (χ0) is 17.6. The second-order valence-electron chi connectivity index (χ2n) is 4.98. The van der Waals surface area contributed by atoms with Crippen molar-refractivity contribution in [3.63, 3.8) is 0 Å². The standard InChI is InChI=1S/C16H21N3O4S/c1-4-9-17-16-8-5-12(11-18-16)19-24(20,21)13-6-7-14(22-2)15(10-13)23-3/h5-8,10-11,19H,4,9H2,1-3H3,(H,17,18). The quantitative estimate of drug-likeness (QED) is 0.760. The zero-order valence-corrected chi connectivity index (χ0v) is 14.7. The van der Waals surface area contributed by atoms with E-state index in [4.69, 9.17) is 9.47 Å². The average molecular weight is 351 g/mol. The van der Waals surface area contributed by atoms with Crippen molar-refractivity contribution in [1.82, 2.24) is 4.98 Å². The van der Waals surface area contributed by atoms with Crippen LogP contribution in [0.25, 0.3) is 0 Å². The fourth-order valence-corrected chi connectivity index (χ4v) is 3.07. The van der Waals surface area contributed by atoms with Crippen LogP contribution < -0.4 is 19.5 Å². The molecular formula is C16H21N3O4S. The van der Waals surface area contributed by atoms with Crippen molar-refractivity contribution in [2.75, 3.05) is 30.8 Å². The Morgan fingerprint density at radius 3 is 2.42 bits per heavy atom. The smallest absolute Gasteiger partial charge is 0.262 e. The molecule has 0 aliphatic carbocycles. The SMILES string of the molecule is CCCNc1ccc(NS(=O)(=O)c2ccc(OC)c(OC)c2)cn1. The maximum Gasteiger partial charge on any atom is 0.262 e. The van der Waals surface area contributed by atoms with Crippen LogP contribution in [0, 0.1) is 0 Å². The Labute approximate surface area is 142 Å². The number of nitrogens with one attached hydrogen (secondary N) is 2. The minimum atomic E-state index is -3.75. The summed E-state index contributed by atoms with van der Waals surface area (Å²) in [6, 6.07) is 7.79. The van der Waals surface area contributed by atoms with E-state index in [9.17, 15) is 8.42 Å². The lowest BCUT2D eigenvalue weighted by molar-refractivity contribution is 0.354. The number of pyridine rings is 1. The number of ether oxygens (including phenoxy) is 2. The predicted molar refractivity (Wildman–Crippen MR) is 93.4 cm³/mol. The van der Waals surface area contributed by atoms with Gasteiger partial charge in [0.05, 0.1) is 31.0 Å². The van der Waals surface area contributed by atoms with Gasteiger partial charge in [-0.3, -0.25) is 4.72 Å². The highest BCUT2D eigenvalue weighted by Gasteiger charge is 2.17. The van der Waals surface area contributed by atoms with E-state index >= 15 is 0 Å². The molecule has 0 saturated heterocycles. The number of benzene rings is 1. The van der Waals surface area contributed by atoms with Gasteiger partial charge in [0.15, 0.2) is 11.5 Å². The van der Waals surface area contributed by atoms with E-state index in [2.05, 4.69) is 21.9 Å². The lowest BCUT2D eigenvalue weighted by Crippen LogP contribution is -2.13. The maximum absolute atomic E-state index is 12.5. The highest BCUT2D eigenvalue weighted by atomic mass is 32.2. The van der Waals surface area contributed by atoms with Gasteiger partial charge < -0.3 is 14.8 Å². The van der Waals surface area contributed by atoms with Crippen LogP contribution in [0.4, 0.5) is 11.5 Å². The fraction of sp³-hybridized carbons (Fsp3) is 0.312. The fourth-order valence-electron chi connectivity index (χ4n) is 2.01. The number of nitrogens with zero attached hydrogens (tertiary/aromatic N) is 1. The van der Waals surface area contributed by atoms with Crippen LogP contribution in [0.1, 0.15) is 13.3 Å². The molecule has 0 amide bonds. The molecule has 2 rings (SSSR count). The Kier molecular flexibility index (Phi) is 5.86. The maximum atomic E-state index is 12.5. The Morgan fingerprint density at radius 2 is 1.83 bits per heavy atom. The van der Waals surface area contributed by atoms with Gasteiger partial charge in [0.25, 0.3) is 10.0 Å². The molecule has 0 unspecified atom stereocenters. The normalized spacial score (nSPS) is 11.0. The van der Waals surface area contributed by atoms with E-state index in [1.165, 1.54) is 32.5 Å². The van der Waals surface area contributed by atoms with Gasteiger partial charge in [0.1, 0.15) is 5.82 Å². The van der Waals surface area contributed by atoms with Crippen LogP contribution >= 0.6 is 0 Å². The molecule has 2 N–H and O–H groups in total. The van der Waals surface area contributed by atoms with E-state index in [-0.39, 0.29) is 4.90 Å². The molecule has 0 saturated carbocycles. The molecule has 2 aromatic rings. The molecule has 1 aromatic heterocycles. The van der Waals surface area contributed by atoms with Gasteiger partial charge in [0.2, 0.25) is 0 Å². The Morgan fingerprint density at radius 1 is 1.08 bits per heavy atom. The highest BCUT2D eigenvalue weighted by Crippen LogP contribution is 2.30. The Hall–Kier alpha value is -2.48. The van der Waals surface area contributed by atoms with Crippen LogP contribution in [0.3, 0.4) is 0 Å². The van der Waals surface area contributed by atoms with Gasteiger partial charge >= 0.3 is 0 Å². The van der Waals surface area contributed by atoms with E-state index < -0.39 is 10.0 Å². The molecule has 24 heavy (non-hydrogen) atoms. The third kappa shape index (κ3) is 4.29. The Balaban J connectivity index is 2.19. The van der Waals surface area contributed by atoms with Gasteiger partial charge in [-0.2, -0.15) is 0 Å². The molecule has 0 aliphatic rings. The van der Waals surface area contributed by atoms with Crippen LogP contribution in [-0.2, 0) is 10.0 Å². The molecule has 0 aliphatic heterocycles. The minimum Gasteiger partial charge on any atom is -0.493 e. The molecule has 0 spiro atoms. The summed E-state index contributed by atoms with van der Waals surface area (Å²) in [7, 11) is -0.804. The van der Waals surface area contributed by atoms with Crippen LogP contribution in [0.5, 0.6) is 11.5 Å². The number of methoxy groups -OCH3 is 2. The second-order valence-corrected chi connectivity index (χ2v) is 6.66. The summed E-state index contributed by atoms with van der Waals surface area (Å²) in [5.74, 6) is 1.51. The molecule has 7 nitrogen and oxygen atoms in total. The monoisotopic (exact) mass is 351 g/mol. The first kappa shape index (κ1) is 17.9. The molecule has 0 bridgehead atoms. The predicted octanol–water partition coefficient (Wildman–Crippen LogP) is 2.72. The van der Waals surface area contributed by atoms with Gasteiger partial charge in [0, 0.05) is 12.6 Å². The summed E-state index contributed by atoms with van der Waals surface area (Å²) in [4.78, 5) is 4.25. The average Bonchev–Trinajstić information content (AvgIpc) is 2.60. The van der Waals surface area contributed by atoms with Gasteiger partial charge in [-0.25, -0.2) is 13.4 Å². The summed E-state index contributed by atoms with van der Waals surface area (Å²) in [6.45, 7) is 2.86. The first-order chi connectivity index (χ1) is 11.5. The lowest BCUT2D eigenvalue weighted by Gasteiger charge is -2.12. The summed E-state index contributed by atoms with van der Waals surface area (Å²) >= 11 is 0. The van der Waals surface area contributed by atoms with Crippen LogP contribution in [0.15, 0.2) is 41.4 Å².